The molecule has 0 heterocycles. The number of hydrogen-bond donors (Lipinski definition) is 0. The van der Waals surface area contributed by atoms with Gasteiger partial charge in [0.05, 0.1) is 15.7 Å². The molecule has 0 aromatic rings. The molecular formula is C14H29B2F. The van der Waals surface area contributed by atoms with Gasteiger partial charge in [0.1, 0.15) is 5.67 Å². The van der Waals surface area contributed by atoms with Crippen molar-refractivity contribution in [1.82, 2.24) is 0 Å². The minimum absolute atomic E-state index is 0.0324. The molecule has 0 bridgehead atoms. The number of halogens is 1. The second kappa shape index (κ2) is 9.05. The third-order valence-corrected chi connectivity index (χ3v) is 3.24. The molecule has 17 heavy (non-hydrogen) atoms. The summed E-state index contributed by atoms with van der Waals surface area (Å²) in [5.41, 5.74) is -1.38. The molecule has 0 saturated heterocycles. The smallest absolute Gasteiger partial charge is 0.100 e. The van der Waals surface area contributed by atoms with Crippen LogP contribution in [0.1, 0.15) is 64.0 Å². The maximum Gasteiger partial charge on any atom is 0.100 e. The van der Waals surface area contributed by atoms with E-state index in [1.54, 1.807) is 6.92 Å². The van der Waals surface area contributed by atoms with Gasteiger partial charge in [-0.1, -0.05) is 53.2 Å². The first-order chi connectivity index (χ1) is 8.32. The van der Waals surface area contributed by atoms with Crippen LogP contribution in [0.2, 0.25) is 11.6 Å². The molecule has 0 spiro atoms. The molecule has 0 aliphatic carbocycles. The van der Waals surface area contributed by atoms with E-state index in [1.807, 2.05) is 27.7 Å². The van der Waals surface area contributed by atoms with Crippen molar-refractivity contribution in [2.24, 2.45) is 11.8 Å². The zero-order chi connectivity index (χ0) is 16.0. The Balaban J connectivity index is 0. The van der Waals surface area contributed by atoms with Crippen molar-refractivity contribution >= 4 is 15.7 Å². The van der Waals surface area contributed by atoms with Gasteiger partial charge in [-0.05, 0) is 31.5 Å². The molecule has 0 N–H and O–H groups in total. The normalized spacial score (nSPS) is 24.0. The third kappa shape index (κ3) is 9.73. The quantitative estimate of drug-likeness (QED) is 0.608. The average Bonchev–Trinajstić information content (AvgIpc) is 2.24. The molecule has 0 rings (SSSR count). The second-order valence-corrected chi connectivity index (χ2v) is 5.33. The molecule has 0 amide bonds. The van der Waals surface area contributed by atoms with Crippen molar-refractivity contribution in [3.63, 3.8) is 0 Å². The van der Waals surface area contributed by atoms with Gasteiger partial charge in [-0.15, -0.1) is 0 Å². The topological polar surface area (TPSA) is 0 Å². The van der Waals surface area contributed by atoms with E-state index < -0.39 is 11.5 Å². The largest absolute Gasteiger partial charge is 0.245 e. The molecule has 6 atom stereocenters. The van der Waals surface area contributed by atoms with Gasteiger partial charge in [-0.3, -0.25) is 0 Å². The molecule has 0 aliphatic heterocycles. The van der Waals surface area contributed by atoms with Crippen molar-refractivity contribution in [2.75, 3.05) is 0 Å². The van der Waals surface area contributed by atoms with E-state index in [4.69, 9.17) is 18.4 Å². The molecule has 3 heteroatoms. The minimum atomic E-state index is -1.38. The van der Waals surface area contributed by atoms with E-state index in [1.165, 1.54) is 13.8 Å². The fourth-order valence-electron chi connectivity index (χ4n) is 1.14. The zero-order valence-corrected chi connectivity index (χ0v) is 12.5. The molecule has 0 fully saturated rings. The van der Waals surface area contributed by atoms with Crippen molar-refractivity contribution in [2.45, 2.75) is 78.6 Å². The Kier molecular flexibility index (Phi) is 8.05. The van der Waals surface area contributed by atoms with Gasteiger partial charge >= 0.3 is 0 Å². The highest BCUT2D eigenvalue weighted by molar-refractivity contribution is 6.12. The van der Waals surface area contributed by atoms with Crippen LogP contribution < -0.4 is 0 Å². The summed E-state index contributed by atoms with van der Waals surface area (Å²) in [7, 11) is 11.1. The fourth-order valence-corrected chi connectivity index (χ4v) is 1.14. The van der Waals surface area contributed by atoms with Crippen LogP contribution in [0.15, 0.2) is 0 Å². The highest BCUT2D eigenvalue weighted by Gasteiger charge is 2.27. The van der Waals surface area contributed by atoms with Crippen LogP contribution in [0.5, 0.6) is 0 Å². The summed E-state index contributed by atoms with van der Waals surface area (Å²) in [5, 5.41) is 0. The molecular weight excluding hydrogens is 209 g/mol. The first kappa shape index (κ1) is 15.1. The van der Waals surface area contributed by atoms with Gasteiger partial charge in [0.2, 0.25) is 0 Å². The van der Waals surface area contributed by atoms with E-state index in [0.717, 1.165) is 0 Å². The van der Waals surface area contributed by atoms with Gasteiger partial charge in [0.25, 0.3) is 0 Å². The Labute approximate surface area is 114 Å². The van der Waals surface area contributed by atoms with Crippen LogP contribution >= 0.6 is 0 Å². The Morgan fingerprint density at radius 3 is 1.47 bits per heavy atom. The summed E-state index contributed by atoms with van der Waals surface area (Å²) in [5.74, 6) is -0.178. The van der Waals surface area contributed by atoms with Crippen LogP contribution in [0.4, 0.5) is 4.39 Å². The fraction of sp³-hybridized carbons (Fsp3) is 1.00. The lowest BCUT2D eigenvalue weighted by Crippen LogP contribution is -2.25. The summed E-state index contributed by atoms with van der Waals surface area (Å²) in [6, 6.07) is 0. The lowest BCUT2D eigenvalue weighted by molar-refractivity contribution is 0.173. The Bertz CT molecular complexity index is 220. The molecule has 0 aromatic heterocycles. The van der Waals surface area contributed by atoms with Crippen molar-refractivity contribution in [3.05, 3.63) is 0 Å². The third-order valence-electron chi connectivity index (χ3n) is 3.24. The molecule has 0 aliphatic rings. The zero-order valence-electron chi connectivity index (χ0n) is 14.5. The molecule has 4 radical (unpaired) electrons. The summed E-state index contributed by atoms with van der Waals surface area (Å²) in [6.07, 6.45) is -0.338. The van der Waals surface area contributed by atoms with Crippen LogP contribution in [0.25, 0.3) is 0 Å². The van der Waals surface area contributed by atoms with Gasteiger partial charge < -0.3 is 0 Å². The van der Waals surface area contributed by atoms with E-state index in [0.29, 0.717) is 5.92 Å². The maximum atomic E-state index is 13.2. The molecule has 98 valence electrons. The average molecular weight is 240 g/mol. The monoisotopic (exact) mass is 240 g/mol. The molecule has 0 saturated carbocycles. The Hall–Kier alpha value is 0.0599. The second-order valence-electron chi connectivity index (χ2n) is 5.33. The first-order valence-corrected chi connectivity index (χ1v) is 6.36. The van der Waals surface area contributed by atoms with E-state index >= 15 is 0 Å². The summed E-state index contributed by atoms with van der Waals surface area (Å²) in [6.45, 7) is 12.3. The Morgan fingerprint density at radius 2 is 1.41 bits per heavy atom. The van der Waals surface area contributed by atoms with Crippen molar-refractivity contribution in [3.8, 4) is 0 Å². The van der Waals surface area contributed by atoms with E-state index in [9.17, 15) is 4.39 Å². The standard InChI is InChI=1S/C8H16BF.C6H13B/c1-5-6(2)7(9)8(3,4)10;1-4-5(2)6(3)7/h6-7H,5H2,1-4H3;5-6H,4H2,1-3H3/i5D;4D. The Morgan fingerprint density at radius 1 is 1.06 bits per heavy atom. The lowest BCUT2D eigenvalue weighted by Gasteiger charge is -2.28. The van der Waals surface area contributed by atoms with Crippen LogP contribution in [-0.2, 0) is 0 Å². The number of alkyl halides is 1. The highest BCUT2D eigenvalue weighted by atomic mass is 19.1. The maximum absolute atomic E-state index is 13.2. The predicted molar refractivity (Wildman–Crippen MR) is 78.8 cm³/mol. The van der Waals surface area contributed by atoms with Crippen molar-refractivity contribution in [1.29, 1.82) is 0 Å². The predicted octanol–water partition coefficient (Wildman–Crippen LogP) is 4.75. The summed E-state index contributed by atoms with van der Waals surface area (Å²) in [4.78, 5) is 0. The van der Waals surface area contributed by atoms with Crippen LogP contribution in [-0.4, -0.2) is 21.4 Å². The first-order valence-electron chi connectivity index (χ1n) is 7.52. The van der Waals surface area contributed by atoms with Gasteiger partial charge in [-0.2, -0.15) is 0 Å². The van der Waals surface area contributed by atoms with Crippen LogP contribution in [0.3, 0.4) is 0 Å². The van der Waals surface area contributed by atoms with Crippen molar-refractivity contribution < 1.29 is 7.13 Å². The number of hydrogen-bond acceptors (Lipinski definition) is 0. The van der Waals surface area contributed by atoms with Gasteiger partial charge in [0, 0.05) is 2.74 Å². The molecule has 6 unspecified atom stereocenters. The van der Waals surface area contributed by atoms with Crippen LogP contribution in [0, 0.1) is 11.8 Å². The van der Waals surface area contributed by atoms with Gasteiger partial charge in [-0.25, -0.2) is 4.39 Å². The van der Waals surface area contributed by atoms with Gasteiger partial charge in [0.15, 0.2) is 0 Å². The lowest BCUT2D eigenvalue weighted by atomic mass is 9.68. The molecule has 0 aromatic carbocycles. The summed E-state index contributed by atoms with van der Waals surface area (Å²) < 4.78 is 27.8. The van der Waals surface area contributed by atoms with E-state index in [2.05, 4.69) is 0 Å². The van der Waals surface area contributed by atoms with E-state index in [-0.39, 0.29) is 24.5 Å². The number of rotatable bonds is 5. The highest BCUT2D eigenvalue weighted by Crippen LogP contribution is 2.32. The molecule has 0 nitrogen and oxygen atoms in total. The summed E-state index contributed by atoms with van der Waals surface area (Å²) >= 11 is 0. The minimum Gasteiger partial charge on any atom is -0.245 e. The SMILES string of the molecule is [2H]C(C)C(C)C([B])C.[2H]C(C)C(C)C([B])C(C)(C)F.